The third-order valence-electron chi connectivity index (χ3n) is 2.93. The lowest BCUT2D eigenvalue weighted by Gasteiger charge is -2.10. The van der Waals surface area contributed by atoms with Crippen LogP contribution in [0.4, 0.5) is 0 Å². The van der Waals surface area contributed by atoms with E-state index in [0.29, 0.717) is 5.17 Å². The summed E-state index contributed by atoms with van der Waals surface area (Å²) >= 11 is 1.47. The Hall–Kier alpha value is -1.26. The van der Waals surface area contributed by atoms with E-state index in [1.165, 1.54) is 34.0 Å². The van der Waals surface area contributed by atoms with Crippen molar-refractivity contribution in [2.45, 2.75) is 12.7 Å². The molecule has 2 nitrogen and oxygen atoms in total. The monoisotopic (exact) mass is 336 g/mol. The fraction of sp³-hybridized carbons (Fsp3) is 0.133. The summed E-state index contributed by atoms with van der Waals surface area (Å²) in [5.41, 5.74) is 10.6. The van der Waals surface area contributed by atoms with Gasteiger partial charge in [0.15, 0.2) is 0 Å². The van der Waals surface area contributed by atoms with Crippen LogP contribution in [-0.4, -0.2) is 5.17 Å². The van der Waals surface area contributed by atoms with Gasteiger partial charge in [-0.25, -0.2) is 0 Å². The molecule has 2 aromatic rings. The van der Waals surface area contributed by atoms with Gasteiger partial charge < -0.3 is 17.0 Å². The molecule has 0 unspecified atom stereocenters. The van der Waals surface area contributed by atoms with Crippen molar-refractivity contribution in [3.63, 3.8) is 0 Å². The summed E-state index contributed by atoms with van der Waals surface area (Å²) in [6, 6.07) is 16.8. The second kappa shape index (κ2) is 7.36. The van der Waals surface area contributed by atoms with Crippen molar-refractivity contribution in [3.05, 3.63) is 59.7 Å². The van der Waals surface area contributed by atoms with E-state index in [0.717, 1.165) is 5.75 Å². The lowest BCUT2D eigenvalue weighted by molar-refractivity contribution is -0.110. The highest BCUT2D eigenvalue weighted by Gasteiger charge is 2.07. The number of amidine groups is 1. The molecule has 4 heteroatoms. The topological polar surface area (TPSA) is 51.6 Å². The van der Waals surface area contributed by atoms with E-state index in [1.807, 2.05) is 6.07 Å². The van der Waals surface area contributed by atoms with Crippen molar-refractivity contribution < 1.29 is 22.4 Å². The summed E-state index contributed by atoms with van der Waals surface area (Å²) in [6.07, 6.45) is 0. The first-order valence-electron chi connectivity index (χ1n) is 5.83. The van der Waals surface area contributed by atoms with Crippen LogP contribution in [0.1, 0.15) is 11.1 Å². The number of hydrogen-bond acceptors (Lipinski definition) is 1. The van der Waals surface area contributed by atoms with Crippen LogP contribution in [0.5, 0.6) is 0 Å². The van der Waals surface area contributed by atoms with Gasteiger partial charge in [-0.05, 0) is 40.9 Å². The minimum Gasteiger partial charge on any atom is -1.00 e. The van der Waals surface area contributed by atoms with Gasteiger partial charge in [0.25, 0.3) is 5.17 Å². The van der Waals surface area contributed by atoms with Crippen molar-refractivity contribution in [2.75, 3.05) is 0 Å². The number of hydrogen-bond donors (Lipinski definition) is 2. The molecule has 0 saturated carbocycles. The van der Waals surface area contributed by atoms with Crippen LogP contribution in [0.2, 0.25) is 0 Å². The van der Waals surface area contributed by atoms with E-state index >= 15 is 0 Å². The van der Waals surface area contributed by atoms with Crippen LogP contribution in [0.3, 0.4) is 0 Å². The Balaban J connectivity index is 0.00000180. The first-order chi connectivity index (χ1) is 8.68. The van der Waals surface area contributed by atoms with Gasteiger partial charge >= 0.3 is 0 Å². The summed E-state index contributed by atoms with van der Waals surface area (Å²) < 4.78 is 0. The predicted octanol–water partition coefficient (Wildman–Crippen LogP) is -1.03. The first-order valence-corrected chi connectivity index (χ1v) is 6.81. The number of halogens is 1. The summed E-state index contributed by atoms with van der Waals surface area (Å²) in [5, 5.41) is 5.91. The number of thioether (sulfide) groups is 1. The van der Waals surface area contributed by atoms with Crippen molar-refractivity contribution in [1.29, 1.82) is 0 Å². The standard InChI is InChI=1S/C15H16N2S.BrH/c1-11-13(10-18-15(16)17)8-5-9-14(11)12-6-3-2-4-7-12;/h2-9H,10H2,1H3,(H3,16,17);1H. The molecular formula is C15H17BrN2S. The Kier molecular flexibility index (Phi) is 6.12. The van der Waals surface area contributed by atoms with Crippen LogP contribution < -0.4 is 28.1 Å². The van der Waals surface area contributed by atoms with E-state index in [2.05, 4.69) is 49.4 Å². The molecule has 2 aromatic carbocycles. The molecule has 0 aromatic heterocycles. The van der Waals surface area contributed by atoms with Gasteiger partial charge in [0.2, 0.25) is 0 Å². The molecule has 0 aliphatic rings. The first kappa shape index (κ1) is 15.8. The molecule has 0 saturated heterocycles. The molecule has 0 bridgehead atoms. The Labute approximate surface area is 128 Å². The zero-order valence-electron chi connectivity index (χ0n) is 10.8. The molecule has 0 fully saturated rings. The van der Waals surface area contributed by atoms with Gasteiger partial charge in [0.1, 0.15) is 0 Å². The van der Waals surface area contributed by atoms with Crippen LogP contribution in [-0.2, 0) is 5.75 Å². The van der Waals surface area contributed by atoms with Crippen LogP contribution >= 0.6 is 11.8 Å². The van der Waals surface area contributed by atoms with Gasteiger partial charge in [-0.15, -0.1) is 0 Å². The normalized spacial score (nSPS) is 9.74. The maximum Gasteiger partial charge on any atom is 0.300 e. The maximum absolute atomic E-state index is 5.50. The molecule has 0 aliphatic heterocycles. The summed E-state index contributed by atoms with van der Waals surface area (Å²) in [5.74, 6) is 0.814. The van der Waals surface area contributed by atoms with Gasteiger partial charge in [-0.1, -0.05) is 48.5 Å². The quantitative estimate of drug-likeness (QED) is 0.556. The third-order valence-corrected chi connectivity index (χ3v) is 3.71. The van der Waals surface area contributed by atoms with Crippen molar-refractivity contribution >= 4 is 16.9 Å². The Morgan fingerprint density at radius 1 is 1.11 bits per heavy atom. The van der Waals surface area contributed by atoms with E-state index < -0.39 is 0 Å². The highest BCUT2D eigenvalue weighted by atomic mass is 79.9. The van der Waals surface area contributed by atoms with Crippen LogP contribution in [0.15, 0.2) is 48.5 Å². The third kappa shape index (κ3) is 4.11. The molecule has 0 atom stereocenters. The van der Waals surface area contributed by atoms with Crippen LogP contribution in [0, 0.1) is 6.92 Å². The zero-order chi connectivity index (χ0) is 13.0. The number of rotatable bonds is 3. The SMILES string of the molecule is Cc1c(CSC(N)=[NH2+])cccc1-c1ccccc1.[Br-]. The minimum atomic E-state index is 0. The van der Waals surface area contributed by atoms with Gasteiger partial charge in [0.05, 0.1) is 0 Å². The van der Waals surface area contributed by atoms with Gasteiger partial charge in [-0.3, -0.25) is 11.1 Å². The zero-order valence-corrected chi connectivity index (χ0v) is 13.2. The molecule has 0 heterocycles. The van der Waals surface area contributed by atoms with Crippen LogP contribution in [0.25, 0.3) is 11.1 Å². The minimum absolute atomic E-state index is 0. The molecule has 0 amide bonds. The predicted molar refractivity (Wildman–Crippen MR) is 79.0 cm³/mol. The van der Waals surface area contributed by atoms with E-state index in [9.17, 15) is 0 Å². The molecule has 19 heavy (non-hydrogen) atoms. The molecule has 4 N–H and O–H groups in total. The molecule has 0 aliphatic carbocycles. The molecule has 0 spiro atoms. The van der Waals surface area contributed by atoms with E-state index in [-0.39, 0.29) is 17.0 Å². The van der Waals surface area contributed by atoms with E-state index in [4.69, 9.17) is 11.1 Å². The lowest BCUT2D eigenvalue weighted by Crippen LogP contribution is -3.00. The van der Waals surface area contributed by atoms with Gasteiger partial charge in [0, 0.05) is 5.75 Å². The smallest absolute Gasteiger partial charge is 0.300 e. The van der Waals surface area contributed by atoms with Crippen molar-refractivity contribution in [1.82, 2.24) is 0 Å². The lowest BCUT2D eigenvalue weighted by atomic mass is 9.97. The fourth-order valence-electron chi connectivity index (χ4n) is 1.93. The van der Waals surface area contributed by atoms with E-state index in [1.54, 1.807) is 0 Å². The summed E-state index contributed by atoms with van der Waals surface area (Å²) in [4.78, 5) is 0. The second-order valence-corrected chi connectivity index (χ2v) is 5.20. The summed E-state index contributed by atoms with van der Waals surface area (Å²) in [6.45, 7) is 2.14. The second-order valence-electron chi connectivity index (χ2n) is 4.15. The highest BCUT2D eigenvalue weighted by molar-refractivity contribution is 8.12. The number of benzene rings is 2. The highest BCUT2D eigenvalue weighted by Crippen LogP contribution is 2.27. The van der Waals surface area contributed by atoms with Crippen molar-refractivity contribution in [3.8, 4) is 11.1 Å². The average molecular weight is 337 g/mol. The number of nitrogens with two attached hydrogens (primary N) is 2. The summed E-state index contributed by atoms with van der Waals surface area (Å²) in [7, 11) is 0. The van der Waals surface area contributed by atoms with Crippen molar-refractivity contribution in [2.24, 2.45) is 5.73 Å². The largest absolute Gasteiger partial charge is 1.00 e. The molecule has 0 radical (unpaired) electrons. The van der Waals surface area contributed by atoms with Gasteiger partial charge in [-0.2, -0.15) is 0 Å². The molecular weight excluding hydrogens is 320 g/mol. The fourth-order valence-corrected chi connectivity index (χ4v) is 2.57. The Morgan fingerprint density at radius 2 is 1.79 bits per heavy atom. The molecule has 100 valence electrons. The Bertz CT molecular complexity index is 555. The Morgan fingerprint density at radius 3 is 2.42 bits per heavy atom. The maximum atomic E-state index is 5.50. The average Bonchev–Trinajstić information content (AvgIpc) is 2.38. The molecule has 2 rings (SSSR count).